The maximum absolute atomic E-state index is 11.4. The van der Waals surface area contributed by atoms with E-state index in [-0.39, 0.29) is 5.41 Å². The Morgan fingerprint density at radius 1 is 1.14 bits per heavy atom. The Labute approximate surface area is 86.5 Å². The van der Waals surface area contributed by atoms with Crippen LogP contribution in [0.3, 0.4) is 0 Å². The quantitative estimate of drug-likeness (QED) is 0.513. The molecule has 0 saturated heterocycles. The predicted octanol–water partition coefficient (Wildman–Crippen LogP) is 3.23. The molecule has 0 aliphatic heterocycles. The van der Waals surface area contributed by atoms with Crippen LogP contribution in [0.1, 0.15) is 33.6 Å². The van der Waals surface area contributed by atoms with Crippen LogP contribution in [0.2, 0.25) is 0 Å². The van der Waals surface area contributed by atoms with Crippen LogP contribution in [0.4, 0.5) is 0 Å². The summed E-state index contributed by atoms with van der Waals surface area (Å²) < 4.78 is 25.7. The lowest BCUT2D eigenvalue weighted by Gasteiger charge is -2.18. The summed E-state index contributed by atoms with van der Waals surface area (Å²) in [4.78, 5) is 0. The molecule has 4 nitrogen and oxygen atoms in total. The van der Waals surface area contributed by atoms with Crippen molar-refractivity contribution < 1.29 is 18.1 Å². The zero-order chi connectivity index (χ0) is 11.2. The van der Waals surface area contributed by atoms with Gasteiger partial charge in [0.25, 0.3) is 0 Å². The van der Waals surface area contributed by atoms with E-state index in [0.717, 1.165) is 12.8 Å². The van der Waals surface area contributed by atoms with Gasteiger partial charge in [-0.3, -0.25) is 13.6 Å². The highest BCUT2D eigenvalue weighted by molar-refractivity contribution is 7.48. The molecule has 0 radical (unpaired) electrons. The normalized spacial score (nSPS) is 13.2. The van der Waals surface area contributed by atoms with Crippen molar-refractivity contribution in [2.24, 2.45) is 5.41 Å². The van der Waals surface area contributed by atoms with Gasteiger partial charge in [0.2, 0.25) is 0 Å². The summed E-state index contributed by atoms with van der Waals surface area (Å²) in [5.41, 5.74) is 0.271. The van der Waals surface area contributed by atoms with Crippen LogP contribution in [0.25, 0.3) is 0 Å². The summed E-state index contributed by atoms with van der Waals surface area (Å²) in [7, 11) is -0.636. The molecule has 0 aromatic heterocycles. The molecule has 0 atom stereocenters. The number of phosphoric ester groups is 1. The van der Waals surface area contributed by atoms with E-state index < -0.39 is 7.82 Å². The topological polar surface area (TPSA) is 44.8 Å². The van der Waals surface area contributed by atoms with Crippen molar-refractivity contribution in [3.63, 3.8) is 0 Å². The molecule has 0 heterocycles. The molecule has 0 aliphatic rings. The Kier molecular flexibility index (Phi) is 5.91. The standard InChI is InChI=1S/C9H21O4P/c1-9(2,3)7-6-8-13-14(10,11-4)12-5/h6-8H2,1-5H3. The smallest absolute Gasteiger partial charge is 0.290 e. The van der Waals surface area contributed by atoms with Gasteiger partial charge in [-0.05, 0) is 18.3 Å². The average molecular weight is 224 g/mol. The molecule has 5 heteroatoms. The van der Waals surface area contributed by atoms with Gasteiger partial charge >= 0.3 is 7.82 Å². The lowest BCUT2D eigenvalue weighted by atomic mass is 9.91. The van der Waals surface area contributed by atoms with E-state index in [2.05, 4.69) is 29.8 Å². The van der Waals surface area contributed by atoms with Crippen molar-refractivity contribution in [2.45, 2.75) is 33.6 Å². The van der Waals surface area contributed by atoms with Gasteiger partial charge in [0.05, 0.1) is 6.61 Å². The second-order valence-electron chi connectivity index (χ2n) is 4.31. The summed E-state index contributed by atoms with van der Waals surface area (Å²) in [6.07, 6.45) is 1.86. The Morgan fingerprint density at radius 3 is 2.00 bits per heavy atom. The molecule has 0 N–H and O–H groups in total. The Hall–Kier alpha value is 0.110. The van der Waals surface area contributed by atoms with Gasteiger partial charge in [-0.2, -0.15) is 0 Å². The van der Waals surface area contributed by atoms with E-state index in [1.54, 1.807) is 0 Å². The molecule has 0 bridgehead atoms. The minimum atomic E-state index is -3.26. The fraction of sp³-hybridized carbons (Fsp3) is 1.00. The summed E-state index contributed by atoms with van der Waals surface area (Å²) in [6.45, 7) is 6.86. The van der Waals surface area contributed by atoms with Crippen LogP contribution < -0.4 is 0 Å². The fourth-order valence-corrected chi connectivity index (χ4v) is 1.67. The summed E-state index contributed by atoms with van der Waals surface area (Å²) in [5, 5.41) is 0. The molecule has 0 unspecified atom stereocenters. The Morgan fingerprint density at radius 2 is 1.64 bits per heavy atom. The van der Waals surface area contributed by atoms with Crippen molar-refractivity contribution in [3.05, 3.63) is 0 Å². The third kappa shape index (κ3) is 6.55. The monoisotopic (exact) mass is 224 g/mol. The average Bonchev–Trinajstić information content (AvgIpc) is 2.11. The van der Waals surface area contributed by atoms with Crippen LogP contribution in [-0.2, 0) is 18.1 Å². The second-order valence-corrected chi connectivity index (χ2v) is 6.19. The van der Waals surface area contributed by atoms with Gasteiger partial charge in [0, 0.05) is 14.2 Å². The number of hydrogen-bond acceptors (Lipinski definition) is 4. The molecule has 0 aromatic rings. The molecular weight excluding hydrogens is 203 g/mol. The highest BCUT2D eigenvalue weighted by Crippen LogP contribution is 2.47. The van der Waals surface area contributed by atoms with Crippen LogP contribution in [-0.4, -0.2) is 20.8 Å². The molecule has 0 aliphatic carbocycles. The van der Waals surface area contributed by atoms with E-state index in [1.807, 2.05) is 0 Å². The predicted molar refractivity (Wildman–Crippen MR) is 56.3 cm³/mol. The maximum Gasteiger partial charge on any atom is 0.474 e. The molecule has 0 rings (SSSR count). The first kappa shape index (κ1) is 14.1. The van der Waals surface area contributed by atoms with Gasteiger partial charge in [-0.15, -0.1) is 0 Å². The van der Waals surface area contributed by atoms with Crippen LogP contribution in [0.15, 0.2) is 0 Å². The molecule has 0 spiro atoms. The molecule has 86 valence electrons. The molecule has 0 fully saturated rings. The first-order valence-corrected chi connectivity index (χ1v) is 6.15. The van der Waals surface area contributed by atoms with Gasteiger partial charge in [-0.1, -0.05) is 20.8 Å². The van der Waals surface area contributed by atoms with Gasteiger partial charge in [0.1, 0.15) is 0 Å². The van der Waals surface area contributed by atoms with Gasteiger partial charge < -0.3 is 0 Å². The minimum absolute atomic E-state index is 0.271. The van der Waals surface area contributed by atoms with E-state index in [9.17, 15) is 4.57 Å². The van der Waals surface area contributed by atoms with Gasteiger partial charge in [0.15, 0.2) is 0 Å². The van der Waals surface area contributed by atoms with Crippen LogP contribution >= 0.6 is 7.82 Å². The van der Waals surface area contributed by atoms with Crippen molar-refractivity contribution in [1.29, 1.82) is 0 Å². The van der Waals surface area contributed by atoms with Gasteiger partial charge in [-0.25, -0.2) is 4.57 Å². The lowest BCUT2D eigenvalue weighted by Crippen LogP contribution is -2.06. The largest absolute Gasteiger partial charge is 0.474 e. The van der Waals surface area contributed by atoms with E-state index in [4.69, 9.17) is 4.52 Å². The number of phosphoric acid groups is 1. The fourth-order valence-electron chi connectivity index (χ4n) is 0.959. The maximum atomic E-state index is 11.4. The zero-order valence-corrected chi connectivity index (χ0v) is 10.6. The van der Waals surface area contributed by atoms with E-state index >= 15 is 0 Å². The van der Waals surface area contributed by atoms with E-state index in [1.165, 1.54) is 14.2 Å². The highest BCUT2D eigenvalue weighted by Gasteiger charge is 2.22. The van der Waals surface area contributed by atoms with E-state index in [0.29, 0.717) is 6.61 Å². The number of rotatable bonds is 6. The molecular formula is C9H21O4P. The van der Waals surface area contributed by atoms with Crippen LogP contribution in [0.5, 0.6) is 0 Å². The minimum Gasteiger partial charge on any atom is -0.290 e. The molecule has 14 heavy (non-hydrogen) atoms. The summed E-state index contributed by atoms with van der Waals surface area (Å²) in [6, 6.07) is 0. The second kappa shape index (κ2) is 5.86. The third-order valence-corrected chi connectivity index (χ3v) is 3.16. The lowest BCUT2D eigenvalue weighted by molar-refractivity contribution is 0.145. The highest BCUT2D eigenvalue weighted by atomic mass is 31.2. The number of hydrogen-bond donors (Lipinski definition) is 0. The molecule has 0 amide bonds. The summed E-state index contributed by atoms with van der Waals surface area (Å²) >= 11 is 0. The van der Waals surface area contributed by atoms with Crippen molar-refractivity contribution >= 4 is 7.82 Å². The molecule has 0 saturated carbocycles. The SMILES string of the molecule is COP(=O)(OC)OCCCC(C)(C)C. The van der Waals surface area contributed by atoms with Crippen LogP contribution in [0, 0.1) is 5.41 Å². The third-order valence-electron chi connectivity index (χ3n) is 1.77. The van der Waals surface area contributed by atoms with Crippen molar-refractivity contribution in [3.8, 4) is 0 Å². The van der Waals surface area contributed by atoms with Crippen molar-refractivity contribution in [2.75, 3.05) is 20.8 Å². The first-order chi connectivity index (χ1) is 6.33. The first-order valence-electron chi connectivity index (χ1n) is 4.69. The van der Waals surface area contributed by atoms with Crippen molar-refractivity contribution in [1.82, 2.24) is 0 Å². The Bertz CT molecular complexity index is 189. The Balaban J connectivity index is 3.69. The molecule has 0 aromatic carbocycles. The summed E-state index contributed by atoms with van der Waals surface area (Å²) in [5.74, 6) is 0. The zero-order valence-electron chi connectivity index (χ0n) is 9.70.